The van der Waals surface area contributed by atoms with E-state index in [0.717, 1.165) is 24.2 Å². The SMILES string of the molecule is CC(C)N(CC(=O)O)C(=O)Cc1ccc(S(=O)(=O)N2CCCC2)s1. The predicted molar refractivity (Wildman–Crippen MR) is 90.5 cm³/mol. The monoisotopic (exact) mass is 374 g/mol. The summed E-state index contributed by atoms with van der Waals surface area (Å²) in [6.45, 7) is 4.21. The van der Waals surface area contributed by atoms with Crippen molar-refractivity contribution in [3.05, 3.63) is 17.0 Å². The summed E-state index contributed by atoms with van der Waals surface area (Å²) in [4.78, 5) is 25.1. The van der Waals surface area contributed by atoms with Crippen molar-refractivity contribution in [3.63, 3.8) is 0 Å². The Labute approximate surface area is 145 Å². The second-order valence-corrected chi connectivity index (χ2v) is 9.35. The van der Waals surface area contributed by atoms with Crippen molar-refractivity contribution in [2.45, 2.75) is 43.4 Å². The molecule has 1 N–H and O–H groups in total. The van der Waals surface area contributed by atoms with Crippen LogP contribution in [0.25, 0.3) is 0 Å². The summed E-state index contributed by atoms with van der Waals surface area (Å²) < 4.78 is 26.7. The van der Waals surface area contributed by atoms with E-state index in [0.29, 0.717) is 18.0 Å². The Hall–Kier alpha value is -1.45. The Morgan fingerprint density at radius 3 is 2.46 bits per heavy atom. The van der Waals surface area contributed by atoms with Gasteiger partial charge in [-0.05, 0) is 38.8 Å². The number of amides is 1. The van der Waals surface area contributed by atoms with Crippen molar-refractivity contribution in [2.75, 3.05) is 19.6 Å². The molecule has 2 heterocycles. The van der Waals surface area contributed by atoms with Gasteiger partial charge in [0.05, 0.1) is 6.42 Å². The molecule has 0 unspecified atom stereocenters. The Balaban J connectivity index is 2.10. The highest BCUT2D eigenvalue weighted by Crippen LogP contribution is 2.27. The lowest BCUT2D eigenvalue weighted by Gasteiger charge is -2.24. The zero-order valence-corrected chi connectivity index (χ0v) is 15.4. The van der Waals surface area contributed by atoms with E-state index in [1.165, 1.54) is 15.3 Å². The van der Waals surface area contributed by atoms with Gasteiger partial charge in [-0.1, -0.05) is 0 Å². The van der Waals surface area contributed by atoms with Crippen molar-refractivity contribution < 1.29 is 23.1 Å². The molecule has 0 spiro atoms. The van der Waals surface area contributed by atoms with Crippen LogP contribution in [0.1, 0.15) is 31.6 Å². The molecular formula is C15H22N2O5S2. The third-order valence-corrected chi connectivity index (χ3v) is 7.32. The molecule has 1 amide bonds. The zero-order valence-electron chi connectivity index (χ0n) is 13.8. The van der Waals surface area contributed by atoms with E-state index in [-0.39, 0.29) is 29.1 Å². The molecule has 24 heavy (non-hydrogen) atoms. The zero-order chi connectivity index (χ0) is 17.9. The fourth-order valence-corrected chi connectivity index (χ4v) is 5.62. The van der Waals surface area contributed by atoms with Crippen LogP contribution in [0, 0.1) is 0 Å². The van der Waals surface area contributed by atoms with E-state index in [9.17, 15) is 18.0 Å². The summed E-state index contributed by atoms with van der Waals surface area (Å²) in [5, 5.41) is 8.90. The van der Waals surface area contributed by atoms with E-state index in [1.807, 2.05) is 0 Å². The Bertz CT molecular complexity index is 705. The van der Waals surface area contributed by atoms with Crippen LogP contribution < -0.4 is 0 Å². The van der Waals surface area contributed by atoms with Crippen LogP contribution >= 0.6 is 11.3 Å². The van der Waals surface area contributed by atoms with Gasteiger partial charge in [0, 0.05) is 24.0 Å². The molecule has 1 fully saturated rings. The van der Waals surface area contributed by atoms with Crippen LogP contribution in [0.5, 0.6) is 0 Å². The highest BCUT2D eigenvalue weighted by Gasteiger charge is 2.29. The summed E-state index contributed by atoms with van der Waals surface area (Å²) >= 11 is 1.08. The van der Waals surface area contributed by atoms with E-state index in [4.69, 9.17) is 5.11 Å². The smallest absolute Gasteiger partial charge is 0.323 e. The number of thiophene rings is 1. The molecule has 1 aliphatic rings. The van der Waals surface area contributed by atoms with Crippen LogP contribution in [0.3, 0.4) is 0 Å². The number of nitrogens with zero attached hydrogens (tertiary/aromatic N) is 2. The highest BCUT2D eigenvalue weighted by atomic mass is 32.2. The lowest BCUT2D eigenvalue weighted by atomic mass is 10.2. The largest absolute Gasteiger partial charge is 0.480 e. The first kappa shape index (κ1) is 18.9. The average molecular weight is 374 g/mol. The standard InChI is InChI=1S/C15H22N2O5S2/c1-11(2)17(10-14(19)20)13(18)9-12-5-6-15(23-12)24(21,22)16-7-3-4-8-16/h5-6,11H,3-4,7-10H2,1-2H3,(H,19,20). The summed E-state index contributed by atoms with van der Waals surface area (Å²) in [6, 6.07) is 2.92. The fraction of sp³-hybridized carbons (Fsp3) is 0.600. The second-order valence-electron chi connectivity index (χ2n) is 6.02. The Kier molecular flexibility index (Phi) is 6.00. The van der Waals surface area contributed by atoms with Gasteiger partial charge in [-0.2, -0.15) is 4.31 Å². The minimum absolute atomic E-state index is 0.00560. The Morgan fingerprint density at radius 1 is 1.29 bits per heavy atom. The molecule has 9 heteroatoms. The maximum atomic E-state index is 12.5. The lowest BCUT2D eigenvalue weighted by molar-refractivity contribution is -0.145. The van der Waals surface area contributed by atoms with Gasteiger partial charge in [-0.25, -0.2) is 8.42 Å². The highest BCUT2D eigenvalue weighted by molar-refractivity contribution is 7.91. The van der Waals surface area contributed by atoms with Gasteiger partial charge < -0.3 is 10.0 Å². The van der Waals surface area contributed by atoms with Gasteiger partial charge in [0.25, 0.3) is 10.0 Å². The molecule has 1 saturated heterocycles. The van der Waals surface area contributed by atoms with Crippen molar-refractivity contribution in [1.82, 2.24) is 9.21 Å². The van der Waals surface area contributed by atoms with Crippen molar-refractivity contribution in [3.8, 4) is 0 Å². The molecule has 1 aromatic rings. The molecule has 0 radical (unpaired) electrons. The minimum atomic E-state index is -3.48. The quantitative estimate of drug-likeness (QED) is 0.778. The first-order valence-electron chi connectivity index (χ1n) is 7.82. The van der Waals surface area contributed by atoms with Gasteiger partial charge in [0.15, 0.2) is 0 Å². The normalized spacial score (nSPS) is 15.8. The number of carboxylic acids is 1. The van der Waals surface area contributed by atoms with Gasteiger partial charge in [-0.3, -0.25) is 9.59 Å². The number of carbonyl (C=O) groups excluding carboxylic acids is 1. The third-order valence-electron chi connectivity index (χ3n) is 3.87. The van der Waals surface area contributed by atoms with E-state index in [1.54, 1.807) is 19.9 Å². The van der Waals surface area contributed by atoms with E-state index < -0.39 is 16.0 Å². The predicted octanol–water partition coefficient (Wildman–Crippen LogP) is 1.40. The number of sulfonamides is 1. The maximum Gasteiger partial charge on any atom is 0.323 e. The number of hydrogen-bond acceptors (Lipinski definition) is 5. The first-order valence-corrected chi connectivity index (χ1v) is 10.1. The summed E-state index contributed by atoms with van der Waals surface area (Å²) in [7, 11) is -3.48. The molecule has 0 saturated carbocycles. The molecule has 7 nitrogen and oxygen atoms in total. The Morgan fingerprint density at radius 2 is 1.92 bits per heavy atom. The molecule has 0 aliphatic carbocycles. The summed E-state index contributed by atoms with van der Waals surface area (Å²) in [5.74, 6) is -1.39. The molecular weight excluding hydrogens is 352 g/mol. The number of carbonyl (C=O) groups is 2. The summed E-state index contributed by atoms with van der Waals surface area (Å²) in [6.07, 6.45) is 1.74. The molecule has 0 atom stereocenters. The van der Waals surface area contributed by atoms with Gasteiger partial charge in [0.2, 0.25) is 5.91 Å². The first-order chi connectivity index (χ1) is 11.2. The van der Waals surface area contributed by atoms with Gasteiger partial charge in [-0.15, -0.1) is 11.3 Å². The van der Waals surface area contributed by atoms with E-state index >= 15 is 0 Å². The van der Waals surface area contributed by atoms with Crippen LogP contribution in [-0.4, -0.2) is 60.3 Å². The lowest BCUT2D eigenvalue weighted by Crippen LogP contribution is -2.41. The van der Waals surface area contributed by atoms with Gasteiger partial charge >= 0.3 is 5.97 Å². The number of aliphatic carboxylic acids is 1. The van der Waals surface area contributed by atoms with Gasteiger partial charge in [0.1, 0.15) is 10.8 Å². The van der Waals surface area contributed by atoms with Crippen LogP contribution in [0.4, 0.5) is 0 Å². The molecule has 1 aliphatic heterocycles. The van der Waals surface area contributed by atoms with Crippen LogP contribution in [0.15, 0.2) is 16.3 Å². The molecule has 134 valence electrons. The molecule has 0 aromatic carbocycles. The number of hydrogen-bond donors (Lipinski definition) is 1. The maximum absolute atomic E-state index is 12.5. The topological polar surface area (TPSA) is 95.0 Å². The van der Waals surface area contributed by atoms with E-state index in [2.05, 4.69) is 0 Å². The molecule has 2 rings (SSSR count). The number of rotatable bonds is 7. The fourth-order valence-electron chi connectivity index (χ4n) is 2.60. The van der Waals surface area contributed by atoms with Crippen molar-refractivity contribution in [2.24, 2.45) is 0 Å². The number of carboxylic acid groups (broad SMARTS) is 1. The molecule has 0 bridgehead atoms. The van der Waals surface area contributed by atoms with Crippen molar-refractivity contribution >= 4 is 33.2 Å². The van der Waals surface area contributed by atoms with Crippen LogP contribution in [-0.2, 0) is 26.0 Å². The minimum Gasteiger partial charge on any atom is -0.480 e. The second kappa shape index (κ2) is 7.62. The molecule has 1 aromatic heterocycles. The van der Waals surface area contributed by atoms with Crippen molar-refractivity contribution in [1.29, 1.82) is 0 Å². The third kappa shape index (κ3) is 4.34. The van der Waals surface area contributed by atoms with Crippen LogP contribution in [0.2, 0.25) is 0 Å². The average Bonchev–Trinajstić information content (AvgIpc) is 3.15. The summed E-state index contributed by atoms with van der Waals surface area (Å²) in [5.41, 5.74) is 0.